The van der Waals surface area contributed by atoms with Gasteiger partial charge in [0.2, 0.25) is 0 Å². The summed E-state index contributed by atoms with van der Waals surface area (Å²) >= 11 is 0. The van der Waals surface area contributed by atoms with Gasteiger partial charge < -0.3 is 10.2 Å². The summed E-state index contributed by atoms with van der Waals surface area (Å²) in [6.07, 6.45) is 1.20. The van der Waals surface area contributed by atoms with Crippen LogP contribution in [0.3, 0.4) is 0 Å². The molecule has 1 atom stereocenters. The van der Waals surface area contributed by atoms with E-state index in [0.717, 1.165) is 24.3 Å². The molecule has 0 radical (unpaired) electrons. The molecule has 1 saturated heterocycles. The van der Waals surface area contributed by atoms with Gasteiger partial charge in [-0.25, -0.2) is 0 Å². The third-order valence-electron chi connectivity index (χ3n) is 4.13. The van der Waals surface area contributed by atoms with Crippen LogP contribution in [0.4, 0.5) is 5.69 Å². The largest absolute Gasteiger partial charge is 0.366 e. The first kappa shape index (κ1) is 12.9. The summed E-state index contributed by atoms with van der Waals surface area (Å²) in [5.74, 6) is 0.647. The van der Waals surface area contributed by atoms with E-state index in [4.69, 9.17) is 5.26 Å². The fraction of sp³-hybridized carbons (Fsp3) is 0.533. The quantitative estimate of drug-likeness (QED) is 0.886. The number of nitrogens with zero attached hydrogens (tertiary/aromatic N) is 2. The van der Waals surface area contributed by atoms with Gasteiger partial charge in [0.1, 0.15) is 0 Å². The van der Waals surface area contributed by atoms with E-state index in [1.807, 2.05) is 25.2 Å². The summed E-state index contributed by atoms with van der Waals surface area (Å²) in [4.78, 5) is 2.43. The highest BCUT2D eigenvalue weighted by atomic mass is 15.2. The predicted octanol–water partition coefficient (Wildman–Crippen LogP) is 2.38. The van der Waals surface area contributed by atoms with E-state index in [1.165, 1.54) is 6.42 Å². The lowest BCUT2D eigenvalue weighted by Crippen LogP contribution is -2.45. The first-order valence-corrected chi connectivity index (χ1v) is 6.52. The second-order valence-electron chi connectivity index (χ2n) is 5.51. The van der Waals surface area contributed by atoms with Crippen LogP contribution in [0.5, 0.6) is 0 Å². The Labute approximate surface area is 109 Å². The Morgan fingerprint density at radius 2 is 2.28 bits per heavy atom. The second-order valence-corrected chi connectivity index (χ2v) is 5.51. The Balaban J connectivity index is 2.26. The highest BCUT2D eigenvalue weighted by Gasteiger charge is 2.40. The summed E-state index contributed by atoms with van der Waals surface area (Å²) in [5.41, 5.74) is 2.04. The predicted molar refractivity (Wildman–Crippen MR) is 74.6 cm³/mol. The van der Waals surface area contributed by atoms with Crippen molar-refractivity contribution in [3.8, 4) is 6.07 Å². The van der Waals surface area contributed by atoms with Crippen molar-refractivity contribution in [1.82, 2.24) is 5.32 Å². The summed E-state index contributed by atoms with van der Waals surface area (Å²) < 4.78 is 0. The minimum atomic E-state index is 0.136. The maximum Gasteiger partial charge on any atom is 0.0992 e. The van der Waals surface area contributed by atoms with Gasteiger partial charge in [0.15, 0.2) is 0 Å². The number of nitriles is 1. The Hall–Kier alpha value is -1.53. The molecule has 0 aliphatic carbocycles. The lowest BCUT2D eigenvalue weighted by atomic mass is 9.88. The van der Waals surface area contributed by atoms with Crippen LogP contribution in [0.2, 0.25) is 0 Å². The van der Waals surface area contributed by atoms with Gasteiger partial charge in [-0.1, -0.05) is 6.07 Å². The monoisotopic (exact) mass is 243 g/mol. The normalized spacial score (nSPS) is 21.9. The second kappa shape index (κ2) is 4.99. The minimum absolute atomic E-state index is 0.136. The molecule has 1 unspecified atom stereocenters. The first-order chi connectivity index (χ1) is 8.59. The molecule has 3 heteroatoms. The highest BCUT2D eigenvalue weighted by Crippen LogP contribution is 2.38. The first-order valence-electron chi connectivity index (χ1n) is 6.52. The smallest absolute Gasteiger partial charge is 0.0992 e. The van der Waals surface area contributed by atoms with Crippen LogP contribution in [0.15, 0.2) is 24.3 Å². The van der Waals surface area contributed by atoms with E-state index < -0.39 is 0 Å². The van der Waals surface area contributed by atoms with Crippen LogP contribution in [0.25, 0.3) is 0 Å². The molecule has 2 rings (SSSR count). The van der Waals surface area contributed by atoms with E-state index >= 15 is 0 Å². The molecule has 3 nitrogen and oxygen atoms in total. The van der Waals surface area contributed by atoms with Gasteiger partial charge in [0.05, 0.1) is 11.6 Å². The number of hydrogen-bond donors (Lipinski definition) is 1. The standard InChI is InChI=1S/C15H21N3/c1-15(2)13(11-17-3)7-8-18(15)14-6-4-5-12(9-14)10-16/h4-6,9,13,17H,7-8,11H2,1-3H3. The van der Waals surface area contributed by atoms with Gasteiger partial charge in [0.25, 0.3) is 0 Å². The van der Waals surface area contributed by atoms with Crippen molar-refractivity contribution in [1.29, 1.82) is 5.26 Å². The van der Waals surface area contributed by atoms with E-state index in [9.17, 15) is 0 Å². The molecule has 18 heavy (non-hydrogen) atoms. The van der Waals surface area contributed by atoms with Crippen LogP contribution in [-0.4, -0.2) is 25.7 Å². The maximum absolute atomic E-state index is 8.99. The fourth-order valence-corrected chi connectivity index (χ4v) is 2.95. The summed E-state index contributed by atoms with van der Waals surface area (Å²) in [6, 6.07) is 10.1. The minimum Gasteiger partial charge on any atom is -0.366 e. The molecular weight excluding hydrogens is 222 g/mol. The van der Waals surface area contributed by atoms with Crippen LogP contribution in [0.1, 0.15) is 25.8 Å². The molecule has 1 aliphatic rings. The Bertz CT molecular complexity index is 459. The highest BCUT2D eigenvalue weighted by molar-refractivity contribution is 5.54. The van der Waals surface area contributed by atoms with Gasteiger partial charge >= 0.3 is 0 Å². The van der Waals surface area contributed by atoms with Crippen molar-refractivity contribution in [2.75, 3.05) is 25.0 Å². The molecule has 0 amide bonds. The maximum atomic E-state index is 8.99. The number of benzene rings is 1. The molecular formula is C15H21N3. The third kappa shape index (κ3) is 2.21. The fourth-order valence-electron chi connectivity index (χ4n) is 2.95. The zero-order chi connectivity index (χ0) is 13.2. The molecule has 1 aliphatic heterocycles. The number of anilines is 1. The van der Waals surface area contributed by atoms with Crippen molar-refractivity contribution >= 4 is 5.69 Å². The molecule has 1 heterocycles. The molecule has 1 N–H and O–H groups in total. The number of rotatable bonds is 3. The van der Waals surface area contributed by atoms with Crippen molar-refractivity contribution in [3.05, 3.63) is 29.8 Å². The van der Waals surface area contributed by atoms with Crippen LogP contribution in [0, 0.1) is 17.2 Å². The summed E-state index contributed by atoms with van der Waals surface area (Å²) in [5, 5.41) is 12.3. The Morgan fingerprint density at radius 3 is 2.94 bits per heavy atom. The molecule has 1 aromatic rings. The van der Waals surface area contributed by atoms with Gasteiger partial charge in [-0.05, 0) is 58.0 Å². The summed E-state index contributed by atoms with van der Waals surface area (Å²) in [7, 11) is 2.01. The molecule has 1 aromatic carbocycles. The van der Waals surface area contributed by atoms with Crippen molar-refractivity contribution in [2.45, 2.75) is 25.8 Å². The molecule has 0 bridgehead atoms. The number of nitrogens with one attached hydrogen (secondary N) is 1. The average molecular weight is 243 g/mol. The van der Waals surface area contributed by atoms with E-state index in [1.54, 1.807) is 0 Å². The van der Waals surface area contributed by atoms with Crippen LogP contribution < -0.4 is 10.2 Å². The molecule has 0 saturated carbocycles. The third-order valence-corrected chi connectivity index (χ3v) is 4.13. The number of hydrogen-bond acceptors (Lipinski definition) is 3. The molecule has 0 aromatic heterocycles. The zero-order valence-electron chi connectivity index (χ0n) is 11.4. The molecule has 96 valence electrons. The topological polar surface area (TPSA) is 39.1 Å². The van der Waals surface area contributed by atoms with Crippen LogP contribution in [-0.2, 0) is 0 Å². The summed E-state index contributed by atoms with van der Waals surface area (Å²) in [6.45, 7) is 6.69. The SMILES string of the molecule is CNCC1CCN(c2cccc(C#N)c2)C1(C)C. The Morgan fingerprint density at radius 1 is 1.50 bits per heavy atom. The van der Waals surface area contributed by atoms with E-state index in [2.05, 4.69) is 36.2 Å². The van der Waals surface area contributed by atoms with Gasteiger partial charge in [-0.3, -0.25) is 0 Å². The average Bonchev–Trinajstić information content (AvgIpc) is 2.66. The van der Waals surface area contributed by atoms with Crippen molar-refractivity contribution in [2.24, 2.45) is 5.92 Å². The molecule has 0 spiro atoms. The van der Waals surface area contributed by atoms with Crippen molar-refractivity contribution in [3.63, 3.8) is 0 Å². The van der Waals surface area contributed by atoms with Gasteiger partial charge in [0, 0.05) is 17.8 Å². The zero-order valence-corrected chi connectivity index (χ0v) is 11.4. The van der Waals surface area contributed by atoms with Crippen LogP contribution >= 0.6 is 0 Å². The van der Waals surface area contributed by atoms with E-state index in [0.29, 0.717) is 5.92 Å². The lowest BCUT2D eigenvalue weighted by Gasteiger charge is -2.38. The van der Waals surface area contributed by atoms with Gasteiger partial charge in [-0.15, -0.1) is 0 Å². The Kier molecular flexibility index (Phi) is 3.58. The van der Waals surface area contributed by atoms with E-state index in [-0.39, 0.29) is 5.54 Å². The van der Waals surface area contributed by atoms with Gasteiger partial charge in [-0.2, -0.15) is 5.26 Å². The molecule has 1 fully saturated rings. The lowest BCUT2D eigenvalue weighted by molar-refractivity contribution is 0.356. The van der Waals surface area contributed by atoms with Crippen molar-refractivity contribution < 1.29 is 0 Å².